The van der Waals surface area contributed by atoms with Gasteiger partial charge in [0.2, 0.25) is 0 Å². The van der Waals surface area contributed by atoms with Crippen LogP contribution in [0.4, 0.5) is 9.18 Å². The van der Waals surface area contributed by atoms with Gasteiger partial charge in [0.15, 0.2) is 17.1 Å². The summed E-state index contributed by atoms with van der Waals surface area (Å²) >= 11 is 4.50. The molecule has 0 unspecified atom stereocenters. The minimum atomic E-state index is -1.44. The number of morpholine rings is 1. The molecule has 35 heavy (non-hydrogen) atoms. The molecule has 0 saturated carbocycles. The van der Waals surface area contributed by atoms with Crippen molar-refractivity contribution in [2.75, 3.05) is 32.9 Å². The molecule has 0 radical (unpaired) electrons. The van der Waals surface area contributed by atoms with Crippen molar-refractivity contribution >= 4 is 45.2 Å². The molecule has 1 aromatic heterocycles. The molecule has 3 heterocycles. The van der Waals surface area contributed by atoms with Gasteiger partial charge in [0.1, 0.15) is 11.9 Å². The first-order chi connectivity index (χ1) is 16.9. The van der Waals surface area contributed by atoms with Crippen molar-refractivity contribution in [2.24, 2.45) is 4.99 Å². The molecule has 0 spiro atoms. The van der Waals surface area contributed by atoms with Crippen molar-refractivity contribution in [1.82, 2.24) is 15.2 Å². The number of hydrogen-bond acceptors (Lipinski definition) is 10. The van der Waals surface area contributed by atoms with Crippen LogP contribution in [-0.4, -0.2) is 72.1 Å². The Balaban J connectivity index is 1.80. The van der Waals surface area contributed by atoms with E-state index in [0.717, 1.165) is 0 Å². The molecule has 4 rings (SSSR count). The molecule has 186 valence electrons. The topological polar surface area (TPSA) is 123 Å². The van der Waals surface area contributed by atoms with E-state index in [1.54, 1.807) is 35.5 Å². The quantitative estimate of drug-likeness (QED) is 0.484. The maximum atomic E-state index is 14.5. The summed E-state index contributed by atoms with van der Waals surface area (Å²) in [5.74, 6) is -0.713. The first kappa shape index (κ1) is 25.2. The number of halogens is 2. The van der Waals surface area contributed by atoms with Crippen LogP contribution in [-0.2, 0) is 19.0 Å². The van der Waals surface area contributed by atoms with Gasteiger partial charge in [-0.05, 0) is 40.5 Å². The lowest BCUT2D eigenvalue weighted by Gasteiger charge is -2.36. The molecule has 1 saturated heterocycles. The van der Waals surface area contributed by atoms with E-state index in [4.69, 9.17) is 24.3 Å². The number of hydrogen-bond donors (Lipinski definition) is 2. The molecule has 2 aliphatic heterocycles. The molecule has 0 aliphatic carbocycles. The summed E-state index contributed by atoms with van der Waals surface area (Å²) in [5.41, 5.74) is 1.06. The van der Waals surface area contributed by atoms with E-state index >= 15 is 0 Å². The summed E-state index contributed by atoms with van der Waals surface area (Å²) in [4.78, 5) is 35.1. The molecule has 0 amide bonds. The van der Waals surface area contributed by atoms with Gasteiger partial charge in [0.05, 0.1) is 29.9 Å². The average molecular weight is 569 g/mol. The standard InChI is InChI=1S/C22H22BrFN4O6S/c1-2-33-21(29)17-15(10-28-6-7-32-11-16(28)34-22(30)31)26-19(20-25-5-8-35-20)27-18(17)12-3-4-13(23)14(24)9-12/h3-5,8-9,16,18H,2,6-7,10-11H2,1H3,(H,26,27)(H,30,31)/t16-,18-/m0/s1. The molecule has 2 atom stereocenters. The fourth-order valence-corrected chi connectivity index (χ4v) is 4.60. The van der Waals surface area contributed by atoms with Crippen LogP contribution in [0.3, 0.4) is 0 Å². The molecule has 1 fully saturated rings. The van der Waals surface area contributed by atoms with Crippen LogP contribution in [0, 0.1) is 5.82 Å². The molecule has 2 N–H and O–H groups in total. The highest BCUT2D eigenvalue weighted by Crippen LogP contribution is 2.34. The number of carbonyl (C=O) groups excluding carboxylic acids is 1. The van der Waals surface area contributed by atoms with Gasteiger partial charge in [-0.3, -0.25) is 9.89 Å². The number of nitrogens with zero attached hydrogens (tertiary/aromatic N) is 3. The number of amidine groups is 1. The van der Waals surface area contributed by atoms with E-state index in [1.807, 2.05) is 0 Å². The number of esters is 1. The predicted molar refractivity (Wildman–Crippen MR) is 128 cm³/mol. The lowest BCUT2D eigenvalue weighted by Crippen LogP contribution is -2.50. The second-order valence-corrected chi connectivity index (χ2v) is 9.26. The highest BCUT2D eigenvalue weighted by Gasteiger charge is 2.36. The lowest BCUT2D eigenvalue weighted by molar-refractivity contribution is -0.139. The minimum Gasteiger partial charge on any atom is -0.463 e. The summed E-state index contributed by atoms with van der Waals surface area (Å²) in [5, 5.41) is 14.7. The smallest absolute Gasteiger partial charge is 0.463 e. The van der Waals surface area contributed by atoms with Crippen molar-refractivity contribution in [1.29, 1.82) is 0 Å². The number of aromatic nitrogens is 1. The molecular weight excluding hydrogens is 547 g/mol. The SMILES string of the molecule is CCOC(=O)C1=C(CN2CCOC[C@@H]2OC(=O)O)NC(c2nccs2)=N[C@H]1c1ccc(Br)c(F)c1. The Bertz CT molecular complexity index is 1160. The van der Waals surface area contributed by atoms with Crippen LogP contribution in [0.2, 0.25) is 0 Å². The Hall–Kier alpha value is -2.87. The number of carboxylic acid groups (broad SMARTS) is 1. The van der Waals surface area contributed by atoms with E-state index in [1.165, 1.54) is 17.4 Å². The number of nitrogens with one attached hydrogen (secondary N) is 1. The van der Waals surface area contributed by atoms with Crippen LogP contribution in [0.5, 0.6) is 0 Å². The van der Waals surface area contributed by atoms with Crippen molar-refractivity contribution in [3.05, 3.63) is 61.9 Å². The van der Waals surface area contributed by atoms with Crippen molar-refractivity contribution in [3.63, 3.8) is 0 Å². The van der Waals surface area contributed by atoms with Gasteiger partial charge in [0, 0.05) is 30.4 Å². The van der Waals surface area contributed by atoms with E-state index in [0.29, 0.717) is 35.3 Å². The van der Waals surface area contributed by atoms with Crippen molar-refractivity contribution in [2.45, 2.75) is 19.2 Å². The zero-order valence-corrected chi connectivity index (χ0v) is 21.0. The zero-order valence-electron chi connectivity index (χ0n) is 18.6. The van der Waals surface area contributed by atoms with Crippen LogP contribution in [0.25, 0.3) is 0 Å². The van der Waals surface area contributed by atoms with Crippen molar-refractivity contribution < 1.29 is 33.3 Å². The largest absolute Gasteiger partial charge is 0.507 e. The molecule has 2 aromatic rings. The number of ether oxygens (including phenoxy) is 3. The Morgan fingerprint density at radius 2 is 2.26 bits per heavy atom. The lowest BCUT2D eigenvalue weighted by atomic mass is 9.95. The Kier molecular flexibility index (Phi) is 8.11. The van der Waals surface area contributed by atoms with Gasteiger partial charge < -0.3 is 24.6 Å². The monoisotopic (exact) mass is 568 g/mol. The van der Waals surface area contributed by atoms with Crippen LogP contribution in [0.15, 0.2) is 50.5 Å². The van der Waals surface area contributed by atoms with Crippen LogP contribution < -0.4 is 5.32 Å². The first-order valence-corrected chi connectivity index (χ1v) is 12.4. The maximum Gasteiger partial charge on any atom is 0.507 e. The van der Waals surface area contributed by atoms with E-state index < -0.39 is 30.2 Å². The summed E-state index contributed by atoms with van der Waals surface area (Å²) in [7, 11) is 0. The third-order valence-corrected chi connectivity index (χ3v) is 6.73. The van der Waals surface area contributed by atoms with E-state index in [2.05, 4.69) is 26.2 Å². The van der Waals surface area contributed by atoms with Gasteiger partial charge in [-0.2, -0.15) is 0 Å². The van der Waals surface area contributed by atoms with Gasteiger partial charge in [0.25, 0.3) is 0 Å². The Labute approximate surface area is 212 Å². The van der Waals surface area contributed by atoms with Gasteiger partial charge in [-0.1, -0.05) is 6.07 Å². The fraction of sp³-hybridized carbons (Fsp3) is 0.364. The zero-order chi connectivity index (χ0) is 24.9. The summed E-state index contributed by atoms with van der Waals surface area (Å²) < 4.78 is 30.4. The Morgan fingerprint density at radius 1 is 1.43 bits per heavy atom. The summed E-state index contributed by atoms with van der Waals surface area (Å²) in [6.07, 6.45) is -0.679. The van der Waals surface area contributed by atoms with E-state index in [9.17, 15) is 14.0 Å². The second kappa shape index (κ2) is 11.2. The third-order valence-electron chi connectivity index (χ3n) is 5.30. The Morgan fingerprint density at radius 3 is 2.94 bits per heavy atom. The normalized spacial score (nSPS) is 20.7. The fourth-order valence-electron chi connectivity index (χ4n) is 3.77. The highest BCUT2D eigenvalue weighted by atomic mass is 79.9. The van der Waals surface area contributed by atoms with Gasteiger partial charge in [-0.25, -0.2) is 19.0 Å². The third kappa shape index (κ3) is 5.86. The van der Waals surface area contributed by atoms with Crippen LogP contribution in [0.1, 0.15) is 23.5 Å². The molecule has 10 nitrogen and oxygen atoms in total. The highest BCUT2D eigenvalue weighted by molar-refractivity contribution is 9.10. The number of carbonyl (C=O) groups is 2. The molecular formula is C22H22BrFN4O6S. The number of rotatable bonds is 7. The predicted octanol–water partition coefficient (Wildman–Crippen LogP) is 3.31. The average Bonchev–Trinajstić information content (AvgIpc) is 3.36. The van der Waals surface area contributed by atoms with Gasteiger partial charge >= 0.3 is 12.1 Å². The molecule has 13 heteroatoms. The van der Waals surface area contributed by atoms with Gasteiger partial charge in [-0.15, -0.1) is 11.3 Å². The number of thiazole rings is 1. The number of aliphatic imine (C=N–C) groups is 1. The molecule has 2 aliphatic rings. The van der Waals surface area contributed by atoms with E-state index in [-0.39, 0.29) is 29.8 Å². The molecule has 0 bridgehead atoms. The van der Waals surface area contributed by atoms with Crippen molar-refractivity contribution in [3.8, 4) is 0 Å². The summed E-state index contributed by atoms with van der Waals surface area (Å²) in [6.45, 7) is 2.68. The number of benzene rings is 1. The molecule has 1 aromatic carbocycles. The maximum absolute atomic E-state index is 14.5. The minimum absolute atomic E-state index is 0.0447. The first-order valence-electron chi connectivity index (χ1n) is 10.7. The van der Waals surface area contributed by atoms with Crippen LogP contribution >= 0.6 is 27.3 Å². The second-order valence-electron chi connectivity index (χ2n) is 7.51. The summed E-state index contributed by atoms with van der Waals surface area (Å²) in [6, 6.07) is 3.65.